The van der Waals surface area contributed by atoms with E-state index in [-0.39, 0.29) is 11.6 Å². The van der Waals surface area contributed by atoms with E-state index in [1.54, 1.807) is 30.3 Å². The summed E-state index contributed by atoms with van der Waals surface area (Å²) < 4.78 is 15.1. The summed E-state index contributed by atoms with van der Waals surface area (Å²) in [4.78, 5) is 31.7. The van der Waals surface area contributed by atoms with Crippen molar-refractivity contribution in [2.24, 2.45) is 0 Å². The minimum Gasteiger partial charge on any atom is -0.367 e. The lowest BCUT2D eigenvalue weighted by molar-refractivity contribution is -0.385. The van der Waals surface area contributed by atoms with Crippen LogP contribution in [0.2, 0.25) is 0 Å². The van der Waals surface area contributed by atoms with Crippen molar-refractivity contribution >= 4 is 22.8 Å². The number of fused-ring (bicyclic) bond motifs is 1. The molecule has 1 fully saturated rings. The van der Waals surface area contributed by atoms with Crippen LogP contribution in [0.25, 0.3) is 5.65 Å². The predicted molar refractivity (Wildman–Crippen MR) is 116 cm³/mol. The first-order valence-electron chi connectivity index (χ1n) is 10.2. The van der Waals surface area contributed by atoms with E-state index >= 15 is 0 Å². The highest BCUT2D eigenvalue weighted by Crippen LogP contribution is 2.20. The number of hydrogen-bond acceptors (Lipinski definition) is 7. The highest BCUT2D eigenvalue weighted by molar-refractivity contribution is 5.59. The highest BCUT2D eigenvalue weighted by Gasteiger charge is 2.23. The fourth-order valence-electron chi connectivity index (χ4n) is 3.80. The van der Waals surface area contributed by atoms with Gasteiger partial charge in [0, 0.05) is 38.9 Å². The first kappa shape index (κ1) is 20.7. The number of halogens is 1. The molecule has 0 atom stereocenters. The second kappa shape index (κ2) is 9.09. The number of rotatable bonds is 7. The van der Waals surface area contributed by atoms with Crippen LogP contribution in [-0.2, 0) is 0 Å². The van der Waals surface area contributed by atoms with Gasteiger partial charge in [-0.1, -0.05) is 18.2 Å². The van der Waals surface area contributed by atoms with E-state index in [2.05, 4.69) is 15.2 Å². The van der Waals surface area contributed by atoms with Gasteiger partial charge in [-0.05, 0) is 37.2 Å². The Labute approximate surface area is 177 Å². The van der Waals surface area contributed by atoms with Crippen molar-refractivity contribution in [1.29, 1.82) is 0 Å². The zero-order chi connectivity index (χ0) is 21.8. The molecule has 3 aromatic rings. The van der Waals surface area contributed by atoms with Gasteiger partial charge in [0.2, 0.25) is 5.82 Å². The summed E-state index contributed by atoms with van der Waals surface area (Å²) in [7, 11) is 0. The van der Waals surface area contributed by atoms with Crippen LogP contribution in [0.4, 0.5) is 21.6 Å². The topological polar surface area (TPSA) is 96.0 Å². The van der Waals surface area contributed by atoms with Crippen molar-refractivity contribution in [1.82, 2.24) is 14.3 Å². The van der Waals surface area contributed by atoms with Crippen molar-refractivity contribution in [2.45, 2.75) is 6.42 Å². The number of anilines is 2. The van der Waals surface area contributed by atoms with Gasteiger partial charge in [-0.15, -0.1) is 0 Å². The fourth-order valence-corrected chi connectivity index (χ4v) is 3.80. The van der Waals surface area contributed by atoms with E-state index in [0.29, 0.717) is 17.9 Å². The molecule has 1 aliphatic heterocycles. The van der Waals surface area contributed by atoms with Crippen LogP contribution >= 0.6 is 0 Å². The number of aromatic nitrogens is 2. The molecule has 3 heterocycles. The zero-order valence-electron chi connectivity index (χ0n) is 16.9. The molecule has 1 aliphatic rings. The summed E-state index contributed by atoms with van der Waals surface area (Å²) in [6.45, 7) is 4.34. The lowest BCUT2D eigenvalue weighted by Gasteiger charge is -2.36. The first-order chi connectivity index (χ1) is 15.0. The average Bonchev–Trinajstić information content (AvgIpc) is 2.77. The van der Waals surface area contributed by atoms with Gasteiger partial charge in [0.05, 0.1) is 10.6 Å². The molecule has 0 aliphatic carbocycles. The van der Waals surface area contributed by atoms with Crippen LogP contribution in [0.5, 0.6) is 0 Å². The summed E-state index contributed by atoms with van der Waals surface area (Å²) >= 11 is 0. The average molecular weight is 426 g/mol. The molecule has 0 spiro atoms. The second-order valence-electron chi connectivity index (χ2n) is 7.36. The van der Waals surface area contributed by atoms with E-state index in [1.165, 1.54) is 16.7 Å². The molecule has 0 bridgehead atoms. The Balaban J connectivity index is 1.32. The Morgan fingerprint density at radius 2 is 1.84 bits per heavy atom. The molecule has 4 rings (SSSR count). The first-order valence-corrected chi connectivity index (χ1v) is 10.2. The Kier molecular flexibility index (Phi) is 6.08. The van der Waals surface area contributed by atoms with Gasteiger partial charge < -0.3 is 10.2 Å². The quantitative estimate of drug-likeness (QED) is 0.352. The molecule has 10 heteroatoms. The van der Waals surface area contributed by atoms with E-state index in [9.17, 15) is 19.3 Å². The van der Waals surface area contributed by atoms with Gasteiger partial charge in [0.1, 0.15) is 11.5 Å². The summed E-state index contributed by atoms with van der Waals surface area (Å²) in [6.07, 6.45) is 2.19. The van der Waals surface area contributed by atoms with Gasteiger partial charge in [0.15, 0.2) is 0 Å². The lowest BCUT2D eigenvalue weighted by atomic mass is 10.2. The summed E-state index contributed by atoms with van der Waals surface area (Å²) in [5, 5.41) is 14.4. The molecule has 31 heavy (non-hydrogen) atoms. The molecule has 1 N–H and O–H groups in total. The van der Waals surface area contributed by atoms with Crippen LogP contribution < -0.4 is 15.8 Å². The largest absolute Gasteiger partial charge is 0.376 e. The molecule has 1 aromatic carbocycles. The third kappa shape index (κ3) is 4.48. The standard InChI is InChI=1S/C21H23FN6O3/c22-16-6-1-2-7-17(16)26-14-12-25(13-15-26)10-5-9-23-20-19(28(30)31)21(29)27-11-4-3-8-18(27)24-20/h1-4,6-8,11,23H,5,9-10,12-15H2. The Bertz CT molecular complexity index is 1140. The normalized spacial score (nSPS) is 14.7. The molecular formula is C21H23FN6O3. The van der Waals surface area contributed by atoms with Crippen LogP contribution in [0.3, 0.4) is 0 Å². The third-order valence-electron chi connectivity index (χ3n) is 5.40. The van der Waals surface area contributed by atoms with Crippen LogP contribution in [0.15, 0.2) is 53.5 Å². The van der Waals surface area contributed by atoms with Gasteiger partial charge in [-0.25, -0.2) is 9.37 Å². The van der Waals surface area contributed by atoms with Gasteiger partial charge in [-0.2, -0.15) is 0 Å². The Morgan fingerprint density at radius 3 is 2.58 bits per heavy atom. The minimum absolute atomic E-state index is 0.00873. The maximum atomic E-state index is 14.0. The van der Waals surface area contributed by atoms with Crippen LogP contribution in [-0.4, -0.2) is 58.5 Å². The number of benzene rings is 1. The number of nitro groups is 1. The minimum atomic E-state index is -0.706. The fraction of sp³-hybridized carbons (Fsp3) is 0.333. The summed E-state index contributed by atoms with van der Waals surface area (Å²) in [5.41, 5.74) is -0.278. The summed E-state index contributed by atoms with van der Waals surface area (Å²) in [6, 6.07) is 11.8. The zero-order valence-corrected chi connectivity index (χ0v) is 16.9. The van der Waals surface area contributed by atoms with Crippen molar-refractivity contribution in [3.8, 4) is 0 Å². The maximum Gasteiger partial charge on any atom is 0.376 e. The van der Waals surface area contributed by atoms with Crippen LogP contribution in [0, 0.1) is 15.9 Å². The SMILES string of the molecule is O=c1c([N+](=O)[O-])c(NCCCN2CCN(c3ccccc3F)CC2)nc2ccccn12. The molecule has 2 aromatic heterocycles. The number of piperazine rings is 1. The third-order valence-corrected chi connectivity index (χ3v) is 5.40. The number of nitrogens with zero attached hydrogens (tertiary/aromatic N) is 5. The Morgan fingerprint density at radius 1 is 1.10 bits per heavy atom. The monoisotopic (exact) mass is 426 g/mol. The highest BCUT2D eigenvalue weighted by atomic mass is 19.1. The molecule has 1 saturated heterocycles. The maximum absolute atomic E-state index is 14.0. The molecule has 162 valence electrons. The molecule has 0 saturated carbocycles. The number of nitrogens with one attached hydrogen (secondary N) is 1. The van der Waals surface area contributed by atoms with Crippen molar-refractivity contribution in [3.05, 3.63) is 74.9 Å². The van der Waals surface area contributed by atoms with Crippen molar-refractivity contribution in [2.75, 3.05) is 49.5 Å². The molecule has 0 amide bonds. The van der Waals surface area contributed by atoms with Gasteiger partial charge in [0.25, 0.3) is 0 Å². The van der Waals surface area contributed by atoms with E-state index in [4.69, 9.17) is 0 Å². The molecule has 9 nitrogen and oxygen atoms in total. The number of hydrogen-bond donors (Lipinski definition) is 1. The van der Waals surface area contributed by atoms with Crippen molar-refractivity contribution in [3.63, 3.8) is 0 Å². The smallest absolute Gasteiger partial charge is 0.367 e. The summed E-state index contributed by atoms with van der Waals surface area (Å²) in [5.74, 6) is -0.217. The van der Waals surface area contributed by atoms with Crippen molar-refractivity contribution < 1.29 is 9.31 Å². The lowest BCUT2D eigenvalue weighted by Crippen LogP contribution is -2.47. The number of para-hydroxylation sites is 1. The molecular weight excluding hydrogens is 403 g/mol. The predicted octanol–water partition coefficient (Wildman–Crippen LogP) is 2.37. The molecule has 0 unspecified atom stereocenters. The van der Waals surface area contributed by atoms with Gasteiger partial charge >= 0.3 is 11.2 Å². The van der Waals surface area contributed by atoms with Crippen LogP contribution in [0.1, 0.15) is 6.42 Å². The molecule has 0 radical (unpaired) electrons. The number of pyridine rings is 1. The van der Waals surface area contributed by atoms with E-state index in [1.807, 2.05) is 11.0 Å². The van der Waals surface area contributed by atoms with E-state index < -0.39 is 16.2 Å². The Hall–Kier alpha value is -3.53. The van der Waals surface area contributed by atoms with Gasteiger partial charge in [-0.3, -0.25) is 24.2 Å². The van der Waals surface area contributed by atoms with E-state index in [0.717, 1.165) is 39.1 Å². The second-order valence-corrected chi connectivity index (χ2v) is 7.36.